The average Bonchev–Trinajstić information content (AvgIpc) is 2.43. The Morgan fingerprint density at radius 1 is 1.58 bits per heavy atom. The van der Waals surface area contributed by atoms with E-state index in [-0.39, 0.29) is 0 Å². The number of anilines is 2. The van der Waals surface area contributed by atoms with Crippen molar-refractivity contribution in [3.8, 4) is 0 Å². The topological polar surface area (TPSA) is 85.7 Å². The highest BCUT2D eigenvalue weighted by Crippen LogP contribution is 2.19. The van der Waals surface area contributed by atoms with Gasteiger partial charge in [-0.15, -0.1) is 0 Å². The molecule has 0 unspecified atom stereocenters. The van der Waals surface area contributed by atoms with Crippen LogP contribution in [0.1, 0.15) is 6.92 Å². The maximum absolute atomic E-state index is 5.65. The first kappa shape index (κ1) is 7.02. The summed E-state index contributed by atoms with van der Waals surface area (Å²) in [5, 5.41) is 0. The zero-order chi connectivity index (χ0) is 8.72. The van der Waals surface area contributed by atoms with Crippen molar-refractivity contribution < 1.29 is 0 Å². The molecule has 0 amide bonds. The summed E-state index contributed by atoms with van der Waals surface area (Å²) in [4.78, 5) is 7.03. The Labute approximate surface area is 69.4 Å². The number of aryl methyl sites for hydroxylation is 1. The van der Waals surface area contributed by atoms with Gasteiger partial charge in [-0.3, -0.25) is 0 Å². The van der Waals surface area contributed by atoms with Gasteiger partial charge in [0.2, 0.25) is 5.95 Å². The number of hydrogen-bond acceptors (Lipinski definition) is 3. The second-order valence-electron chi connectivity index (χ2n) is 2.67. The predicted octanol–water partition coefficient (Wildman–Crippen LogP) is 0.549. The van der Waals surface area contributed by atoms with E-state index in [2.05, 4.69) is 9.97 Å². The van der Waals surface area contributed by atoms with Crippen LogP contribution in [0.15, 0.2) is 6.07 Å². The highest BCUT2D eigenvalue weighted by Gasteiger charge is 2.08. The Morgan fingerprint density at radius 2 is 2.33 bits per heavy atom. The van der Waals surface area contributed by atoms with Gasteiger partial charge in [0.15, 0.2) is 5.65 Å². The normalized spacial score (nSPS) is 11.1. The minimum absolute atomic E-state index is 0.527. The number of nitrogens with zero attached hydrogens (tertiary/aromatic N) is 2. The first-order valence-corrected chi connectivity index (χ1v) is 3.82. The summed E-state index contributed by atoms with van der Waals surface area (Å²) in [6.07, 6.45) is 0. The van der Waals surface area contributed by atoms with E-state index in [0.29, 0.717) is 11.8 Å². The maximum atomic E-state index is 5.65. The number of rotatable bonds is 1. The second-order valence-corrected chi connectivity index (χ2v) is 2.67. The first-order valence-electron chi connectivity index (χ1n) is 3.82. The third-order valence-electron chi connectivity index (χ3n) is 1.91. The summed E-state index contributed by atoms with van der Waals surface area (Å²) in [5.41, 5.74) is 12.9. The first-order chi connectivity index (χ1) is 5.72. The van der Waals surface area contributed by atoms with Crippen molar-refractivity contribution in [3.63, 3.8) is 0 Å². The van der Waals surface area contributed by atoms with Crippen LogP contribution < -0.4 is 11.5 Å². The molecule has 0 aliphatic carbocycles. The molecule has 64 valence electrons. The molecule has 0 saturated heterocycles. The molecule has 0 fully saturated rings. The Kier molecular flexibility index (Phi) is 1.27. The molecule has 0 aromatic carbocycles. The van der Waals surface area contributed by atoms with Crippen molar-refractivity contribution in [2.45, 2.75) is 13.5 Å². The van der Waals surface area contributed by atoms with Crippen molar-refractivity contribution in [3.05, 3.63) is 6.07 Å². The lowest BCUT2D eigenvalue weighted by Gasteiger charge is -1.98. The summed E-state index contributed by atoms with van der Waals surface area (Å²) < 4.78 is 1.90. The van der Waals surface area contributed by atoms with Crippen molar-refractivity contribution in [2.75, 3.05) is 11.5 Å². The van der Waals surface area contributed by atoms with Crippen LogP contribution in [0.25, 0.3) is 11.2 Å². The molecule has 0 radical (unpaired) electrons. The van der Waals surface area contributed by atoms with E-state index in [4.69, 9.17) is 11.5 Å². The smallest absolute Gasteiger partial charge is 0.202 e. The number of imidazole rings is 1. The van der Waals surface area contributed by atoms with Crippen LogP contribution in [-0.2, 0) is 6.54 Å². The highest BCUT2D eigenvalue weighted by atomic mass is 15.2. The van der Waals surface area contributed by atoms with Crippen molar-refractivity contribution in [1.29, 1.82) is 0 Å². The molecular formula is C7H11N5. The van der Waals surface area contributed by atoms with Gasteiger partial charge < -0.3 is 21.0 Å². The molecule has 2 aromatic rings. The number of hydrogen-bond donors (Lipinski definition) is 3. The summed E-state index contributed by atoms with van der Waals surface area (Å²) in [6, 6.07) is 1.84. The van der Waals surface area contributed by atoms with Gasteiger partial charge in [-0.25, -0.2) is 0 Å². The standard InChI is InChI=1S/C7H11N5/c1-2-12-4-3-5(8)10-6(4)11-7(12)9/h3,10H,2,8H2,1H3,(H2,9,11). The number of nitrogens with one attached hydrogen (secondary N) is 1. The van der Waals surface area contributed by atoms with Gasteiger partial charge in [0.1, 0.15) is 5.82 Å². The van der Waals surface area contributed by atoms with Gasteiger partial charge in [0, 0.05) is 12.6 Å². The van der Waals surface area contributed by atoms with E-state index in [1.165, 1.54) is 0 Å². The van der Waals surface area contributed by atoms with E-state index >= 15 is 0 Å². The zero-order valence-electron chi connectivity index (χ0n) is 6.83. The van der Waals surface area contributed by atoms with Crippen LogP contribution in [0.3, 0.4) is 0 Å². The van der Waals surface area contributed by atoms with Gasteiger partial charge in [-0.1, -0.05) is 0 Å². The molecule has 12 heavy (non-hydrogen) atoms. The van der Waals surface area contributed by atoms with Crippen LogP contribution >= 0.6 is 0 Å². The molecule has 0 aliphatic rings. The second kappa shape index (κ2) is 2.17. The highest BCUT2D eigenvalue weighted by molar-refractivity contribution is 5.79. The molecule has 2 rings (SSSR count). The number of nitrogen functional groups attached to an aromatic ring is 2. The van der Waals surface area contributed by atoms with Crippen LogP contribution in [0.4, 0.5) is 11.8 Å². The fourth-order valence-corrected chi connectivity index (χ4v) is 1.37. The molecule has 0 atom stereocenters. The van der Waals surface area contributed by atoms with E-state index in [9.17, 15) is 0 Å². The van der Waals surface area contributed by atoms with E-state index in [1.54, 1.807) is 0 Å². The summed E-state index contributed by atoms with van der Waals surface area (Å²) in [5.74, 6) is 1.15. The predicted molar refractivity (Wildman–Crippen MR) is 48.6 cm³/mol. The Bertz CT molecular complexity index is 411. The molecule has 0 saturated carbocycles. The number of aromatic amines is 1. The number of aromatic nitrogens is 3. The molecule has 0 spiro atoms. The minimum Gasteiger partial charge on any atom is -0.385 e. The molecule has 0 aliphatic heterocycles. The van der Waals surface area contributed by atoms with Crippen LogP contribution in [0.5, 0.6) is 0 Å². The van der Waals surface area contributed by atoms with Gasteiger partial charge in [0.05, 0.1) is 5.52 Å². The summed E-state index contributed by atoms with van der Waals surface area (Å²) in [7, 11) is 0. The molecular weight excluding hydrogens is 154 g/mol. The Morgan fingerprint density at radius 3 is 3.00 bits per heavy atom. The molecule has 5 heteroatoms. The molecule has 0 bridgehead atoms. The largest absolute Gasteiger partial charge is 0.385 e. The Balaban J connectivity index is 2.78. The average molecular weight is 165 g/mol. The van der Waals surface area contributed by atoms with Crippen LogP contribution in [-0.4, -0.2) is 14.5 Å². The van der Waals surface area contributed by atoms with Crippen LogP contribution in [0.2, 0.25) is 0 Å². The number of nitrogens with two attached hydrogens (primary N) is 2. The summed E-state index contributed by atoms with van der Waals surface area (Å²) >= 11 is 0. The van der Waals surface area contributed by atoms with Crippen LogP contribution in [0, 0.1) is 0 Å². The molecule has 5 nitrogen and oxygen atoms in total. The monoisotopic (exact) mass is 165 g/mol. The Hall–Kier alpha value is -1.65. The quantitative estimate of drug-likeness (QED) is 0.576. The van der Waals surface area contributed by atoms with Gasteiger partial charge in [0.25, 0.3) is 0 Å². The van der Waals surface area contributed by atoms with E-state index in [1.807, 2.05) is 17.6 Å². The lowest BCUT2D eigenvalue weighted by atomic mass is 10.5. The van der Waals surface area contributed by atoms with E-state index in [0.717, 1.165) is 17.7 Å². The van der Waals surface area contributed by atoms with Crippen molar-refractivity contribution >= 4 is 22.9 Å². The maximum Gasteiger partial charge on any atom is 0.202 e. The lowest BCUT2D eigenvalue weighted by molar-refractivity contribution is 0.800. The molecule has 2 heterocycles. The zero-order valence-corrected chi connectivity index (χ0v) is 6.83. The third-order valence-corrected chi connectivity index (χ3v) is 1.91. The van der Waals surface area contributed by atoms with E-state index < -0.39 is 0 Å². The number of H-pyrrole nitrogens is 1. The molecule has 5 N–H and O–H groups in total. The number of fused-ring (bicyclic) bond motifs is 1. The fraction of sp³-hybridized carbons (Fsp3) is 0.286. The van der Waals surface area contributed by atoms with Gasteiger partial charge in [-0.2, -0.15) is 4.98 Å². The van der Waals surface area contributed by atoms with Gasteiger partial charge >= 0.3 is 0 Å². The molecule has 2 aromatic heterocycles. The third kappa shape index (κ3) is 0.761. The van der Waals surface area contributed by atoms with Crippen molar-refractivity contribution in [1.82, 2.24) is 14.5 Å². The van der Waals surface area contributed by atoms with Crippen molar-refractivity contribution in [2.24, 2.45) is 0 Å². The minimum atomic E-state index is 0.527. The summed E-state index contributed by atoms with van der Waals surface area (Å²) in [6.45, 7) is 2.82. The SMILES string of the molecule is CCn1c(N)nc2[nH]c(N)cc21. The fourth-order valence-electron chi connectivity index (χ4n) is 1.37. The lowest BCUT2D eigenvalue weighted by Crippen LogP contribution is -2.00. The van der Waals surface area contributed by atoms with Gasteiger partial charge in [-0.05, 0) is 6.92 Å².